The molecule has 0 aromatic heterocycles. The minimum absolute atomic E-state index is 0.441. The molecule has 40 heavy (non-hydrogen) atoms. The van der Waals surface area contributed by atoms with Gasteiger partial charge in [-0.25, -0.2) is 0 Å². The van der Waals surface area contributed by atoms with Gasteiger partial charge in [0.25, 0.3) is 0 Å². The number of fused-ring (bicyclic) bond motifs is 8. The van der Waals surface area contributed by atoms with Crippen molar-refractivity contribution in [2.45, 2.75) is 50.4 Å². The van der Waals surface area contributed by atoms with E-state index in [4.69, 9.17) is 0 Å². The van der Waals surface area contributed by atoms with E-state index in [2.05, 4.69) is 107 Å². The fraction of sp³-hybridized carbons (Fsp3) is 0.368. The minimum Gasteiger partial charge on any atom is -0.364 e. The van der Waals surface area contributed by atoms with Crippen LogP contribution in [0.3, 0.4) is 0 Å². The quantitative estimate of drug-likeness (QED) is 0.375. The number of hydrogen-bond donors (Lipinski definition) is 1. The highest BCUT2D eigenvalue weighted by Gasteiger charge is 2.45. The van der Waals surface area contributed by atoms with E-state index in [1.165, 1.54) is 73.3 Å². The van der Waals surface area contributed by atoms with Crippen LogP contribution < -0.4 is 5.32 Å². The maximum Gasteiger partial charge on any atom is 0.0275 e. The molecular formula is C38H40N2. The van der Waals surface area contributed by atoms with Crippen LogP contribution >= 0.6 is 0 Å². The van der Waals surface area contributed by atoms with Crippen LogP contribution in [-0.4, -0.2) is 24.5 Å². The van der Waals surface area contributed by atoms with Crippen molar-refractivity contribution in [3.63, 3.8) is 0 Å². The molecule has 3 fully saturated rings. The molecule has 0 radical (unpaired) electrons. The van der Waals surface area contributed by atoms with Crippen LogP contribution in [0.4, 0.5) is 0 Å². The molecule has 2 heteroatoms. The second-order valence-electron chi connectivity index (χ2n) is 12.8. The summed E-state index contributed by atoms with van der Waals surface area (Å²) in [6.07, 6.45) is 18.6. The van der Waals surface area contributed by atoms with E-state index in [-0.39, 0.29) is 0 Å². The number of nitrogens with one attached hydrogen (secondary N) is 1. The number of rotatable bonds is 4. The molecule has 4 heterocycles. The largest absolute Gasteiger partial charge is 0.364 e. The zero-order chi connectivity index (χ0) is 26.5. The van der Waals surface area contributed by atoms with Crippen molar-refractivity contribution in [3.05, 3.63) is 131 Å². The van der Waals surface area contributed by atoms with Gasteiger partial charge in [-0.05, 0) is 126 Å². The molecule has 2 bridgehead atoms. The molecule has 3 aromatic rings. The molecule has 0 unspecified atom stereocenters. The van der Waals surface area contributed by atoms with Crippen molar-refractivity contribution in [2.24, 2.45) is 17.8 Å². The predicted molar refractivity (Wildman–Crippen MR) is 165 cm³/mol. The van der Waals surface area contributed by atoms with E-state index in [1.807, 2.05) is 0 Å². The normalized spacial score (nSPS) is 29.9. The molecule has 2 nitrogen and oxygen atoms in total. The van der Waals surface area contributed by atoms with Gasteiger partial charge in [-0.2, -0.15) is 0 Å². The summed E-state index contributed by atoms with van der Waals surface area (Å²) in [5, 5.41) is 3.75. The van der Waals surface area contributed by atoms with Gasteiger partial charge in [0, 0.05) is 24.4 Å². The van der Waals surface area contributed by atoms with Crippen molar-refractivity contribution in [1.29, 1.82) is 0 Å². The summed E-state index contributed by atoms with van der Waals surface area (Å²) in [6, 6.07) is 25.4. The van der Waals surface area contributed by atoms with Gasteiger partial charge >= 0.3 is 0 Å². The van der Waals surface area contributed by atoms with Crippen molar-refractivity contribution in [3.8, 4) is 11.1 Å². The lowest BCUT2D eigenvalue weighted by Crippen LogP contribution is -2.51. The molecule has 202 valence electrons. The Kier molecular flexibility index (Phi) is 6.25. The van der Waals surface area contributed by atoms with Gasteiger partial charge in [-0.3, -0.25) is 0 Å². The van der Waals surface area contributed by atoms with Crippen molar-refractivity contribution in [2.75, 3.05) is 19.6 Å². The smallest absolute Gasteiger partial charge is 0.0275 e. The van der Waals surface area contributed by atoms with Gasteiger partial charge in [0.2, 0.25) is 0 Å². The van der Waals surface area contributed by atoms with Crippen molar-refractivity contribution >= 4 is 0 Å². The van der Waals surface area contributed by atoms with Crippen LogP contribution in [0.2, 0.25) is 0 Å². The Labute approximate surface area is 239 Å². The van der Waals surface area contributed by atoms with E-state index < -0.39 is 0 Å². The highest BCUT2D eigenvalue weighted by atomic mass is 15.1. The lowest BCUT2D eigenvalue weighted by atomic mass is 9.60. The average molecular weight is 525 g/mol. The summed E-state index contributed by atoms with van der Waals surface area (Å²) < 4.78 is 0. The molecule has 3 saturated heterocycles. The van der Waals surface area contributed by atoms with Crippen LogP contribution in [0, 0.1) is 17.8 Å². The van der Waals surface area contributed by atoms with Crippen LogP contribution in [0.1, 0.15) is 58.9 Å². The molecule has 6 aliphatic rings. The summed E-state index contributed by atoms with van der Waals surface area (Å²) >= 11 is 0. The summed E-state index contributed by atoms with van der Waals surface area (Å²) in [5.41, 5.74) is 12.2. The molecule has 0 saturated carbocycles. The molecule has 3 aromatic carbocycles. The molecule has 0 amide bonds. The number of nitrogens with zero attached hydrogens (tertiary/aromatic N) is 1. The molecule has 4 aliphatic heterocycles. The molecule has 9 rings (SSSR count). The molecule has 2 aliphatic carbocycles. The lowest BCUT2D eigenvalue weighted by Gasteiger charge is -2.51. The number of benzene rings is 3. The Balaban J connectivity index is 1.23. The zero-order valence-corrected chi connectivity index (χ0v) is 23.4. The van der Waals surface area contributed by atoms with Gasteiger partial charge in [0.15, 0.2) is 0 Å². The van der Waals surface area contributed by atoms with E-state index >= 15 is 0 Å². The summed E-state index contributed by atoms with van der Waals surface area (Å²) in [5.74, 6) is 3.38. The molecule has 1 N–H and O–H groups in total. The number of piperidine rings is 3. The van der Waals surface area contributed by atoms with Crippen LogP contribution in [0.5, 0.6) is 0 Å². The van der Waals surface area contributed by atoms with Gasteiger partial charge in [0.05, 0.1) is 0 Å². The third kappa shape index (κ3) is 4.20. The maximum absolute atomic E-state index is 3.75. The Bertz CT molecular complexity index is 1490. The molecular weight excluding hydrogens is 484 g/mol. The van der Waals surface area contributed by atoms with Crippen LogP contribution in [0.25, 0.3) is 11.1 Å². The number of allylic oxidation sites excluding steroid dienone is 5. The van der Waals surface area contributed by atoms with E-state index in [0.29, 0.717) is 17.8 Å². The first-order valence-corrected chi connectivity index (χ1v) is 15.6. The highest BCUT2D eigenvalue weighted by Crippen LogP contribution is 2.52. The van der Waals surface area contributed by atoms with E-state index in [1.54, 1.807) is 16.7 Å². The first-order valence-electron chi connectivity index (χ1n) is 15.6. The maximum atomic E-state index is 3.75. The second kappa shape index (κ2) is 10.2. The number of hydrogen-bond acceptors (Lipinski definition) is 2. The Hall–Kier alpha value is -3.36. The third-order valence-electron chi connectivity index (χ3n) is 10.9. The first-order chi connectivity index (χ1) is 19.8. The Morgan fingerprint density at radius 1 is 0.725 bits per heavy atom. The van der Waals surface area contributed by atoms with Gasteiger partial charge < -0.3 is 10.2 Å². The Morgan fingerprint density at radius 3 is 2.42 bits per heavy atom. The summed E-state index contributed by atoms with van der Waals surface area (Å²) in [4.78, 5) is 2.75. The average Bonchev–Trinajstić information content (AvgIpc) is 3.31. The minimum atomic E-state index is 0.441. The SMILES string of the molecule is C1=CC=C([C@@H]2c3ccc4c(c3CC[C@H]2[C@H]2CN3CCC2CC3)C[C@H](Cc2ccccc2)c2ccccc2-4)NC=C1. The third-order valence-corrected chi connectivity index (χ3v) is 10.9. The monoisotopic (exact) mass is 524 g/mol. The topological polar surface area (TPSA) is 15.3 Å². The van der Waals surface area contributed by atoms with E-state index in [0.717, 1.165) is 24.7 Å². The highest BCUT2D eigenvalue weighted by molar-refractivity contribution is 5.76. The standard InChI is InChI=1S/C38H40N2/c1-3-9-26(10-4-1)23-28-24-35-31(30-12-7-6-11-29(28)30)14-16-33-32(35)15-17-34(36-25-40-21-18-27(36)19-22-40)38(33)37-13-5-2-8-20-39-37/h1-14,16,20,27-28,34,36,38-39H,15,17-19,21-25H2/t28-,34-,36-,38+/m0/s1. The lowest BCUT2D eigenvalue weighted by molar-refractivity contribution is 0.0102. The summed E-state index contributed by atoms with van der Waals surface area (Å²) in [6.45, 7) is 3.94. The van der Waals surface area contributed by atoms with Gasteiger partial charge in [-0.1, -0.05) is 78.9 Å². The predicted octanol–water partition coefficient (Wildman–Crippen LogP) is 7.78. The fourth-order valence-corrected chi connectivity index (χ4v) is 9.05. The zero-order valence-electron chi connectivity index (χ0n) is 23.4. The second-order valence-corrected chi connectivity index (χ2v) is 12.8. The molecule has 0 spiro atoms. The van der Waals surface area contributed by atoms with Crippen molar-refractivity contribution < 1.29 is 0 Å². The van der Waals surface area contributed by atoms with Crippen molar-refractivity contribution in [1.82, 2.24) is 10.2 Å². The fourth-order valence-electron chi connectivity index (χ4n) is 9.05. The van der Waals surface area contributed by atoms with Crippen LogP contribution in [0.15, 0.2) is 103 Å². The van der Waals surface area contributed by atoms with Crippen LogP contribution in [-0.2, 0) is 19.3 Å². The first kappa shape index (κ1) is 24.4. The van der Waals surface area contributed by atoms with Gasteiger partial charge in [0.1, 0.15) is 0 Å². The Morgan fingerprint density at radius 2 is 1.57 bits per heavy atom. The van der Waals surface area contributed by atoms with Gasteiger partial charge in [-0.15, -0.1) is 0 Å². The molecule has 4 atom stereocenters. The summed E-state index contributed by atoms with van der Waals surface area (Å²) in [7, 11) is 0. The van der Waals surface area contributed by atoms with E-state index in [9.17, 15) is 0 Å².